The van der Waals surface area contributed by atoms with Crippen LogP contribution >= 0.6 is 0 Å². The molecule has 5 aromatic carbocycles. The van der Waals surface area contributed by atoms with Gasteiger partial charge >= 0.3 is 11.9 Å². The molecule has 0 spiro atoms. The molecule has 0 saturated carbocycles. The summed E-state index contributed by atoms with van der Waals surface area (Å²) < 4.78 is 52.1. The second kappa shape index (κ2) is 80.1. The van der Waals surface area contributed by atoms with E-state index in [1.54, 1.807) is 24.3 Å². The topological polar surface area (TPSA) is 108 Å². The molecule has 0 N–H and O–H groups in total. The maximum absolute atomic E-state index is 14.3. The molecule has 0 amide bonds. The summed E-state index contributed by atoms with van der Waals surface area (Å²) in [5.74, 6) is 3.11. The average Bonchev–Trinajstić information content (AvgIpc) is 0.813. The minimum absolute atomic E-state index is 0.351. The number of allylic oxidation sites excluding steroid dienone is 18. The molecule has 0 aliphatic heterocycles. The first-order chi connectivity index (χ1) is 64.3. The first-order valence-corrected chi connectivity index (χ1v) is 51.2. The smallest absolute Gasteiger partial charge is 0.343 e. The van der Waals surface area contributed by atoms with Gasteiger partial charge in [0, 0.05) is 0 Å². The Morgan fingerprint density at radius 2 is 0.369 bits per heavy atom. The lowest BCUT2D eigenvalue weighted by Crippen LogP contribution is -2.12. The van der Waals surface area contributed by atoms with Crippen molar-refractivity contribution in [1.29, 1.82) is 0 Å². The van der Waals surface area contributed by atoms with Crippen LogP contribution in [0.5, 0.6) is 46.0 Å². The first kappa shape index (κ1) is 111. The van der Waals surface area contributed by atoms with Crippen molar-refractivity contribution in [2.75, 3.05) is 39.6 Å². The molecular formula is C120H170O10. The number of benzene rings is 5. The van der Waals surface area contributed by atoms with E-state index in [0.717, 1.165) is 164 Å². The Morgan fingerprint density at radius 1 is 0.208 bits per heavy atom. The zero-order valence-corrected chi connectivity index (χ0v) is 80.7. The second-order valence-electron chi connectivity index (χ2n) is 34.6. The number of carbonyl (C=O) groups is 2. The van der Waals surface area contributed by atoms with Gasteiger partial charge < -0.3 is 37.9 Å². The SMILES string of the molecule is C=C/C=C\CCCCCCCCCCOc1cc(C(=O)Oc2ccc(/C=C/c3ccc(/C=C/c4ccc(OC(=O)c5cc(OCCCCCCCCCC/C=C/C=C)c(OCCCCCCCCCC/C=C/C=C)c(OCCCCCCCCCC/C=C/C=C)c5)cc4)cc3)cc2)cc(OCCCCCCCCCC/C=C/C=C)c1OCCCCCCCCCC/C=C/C=C. The quantitative estimate of drug-likeness (QED) is 0.0123. The first-order valence-electron chi connectivity index (χ1n) is 51.2. The maximum Gasteiger partial charge on any atom is 0.343 e. The Labute approximate surface area is 790 Å². The molecule has 130 heavy (non-hydrogen) atoms. The summed E-state index contributed by atoms with van der Waals surface area (Å²) >= 11 is 0. The van der Waals surface area contributed by atoms with Gasteiger partial charge in [0.15, 0.2) is 23.0 Å². The fourth-order valence-electron chi connectivity index (χ4n) is 15.6. The molecule has 0 fully saturated rings. The number of hydrogen-bond acceptors (Lipinski definition) is 10. The standard InChI is InChI=1S/C120H170O10/c1-7-13-19-25-31-37-43-49-55-61-67-73-95-123-113-101-109(102-114(124-96-74-68-62-56-50-44-38-32-26-20-14-8-2)117(113)127-99-77-71-65-59-53-47-41-35-29-23-17-11-5)119(121)129-111-91-87-107(88-92-111)85-83-105-79-81-106(82-80-105)84-86-108-89-93-112(94-90-108)130-120(122)110-103-115(125-97-75-69-63-57-51-45-39-33-27-21-15-9-3)118(128-100-78-72-66-60-54-48-42-36-30-24-18-12-6)116(104-110)126-98-76-70-64-58-52-46-40-34-28-22-16-10-4/h7-24,79-94,101-104H,1-6,25-78,95-100H2/b19-13-,20-14+,21-15+,22-16+,23-17+,24-18+,85-83+,86-84+. The van der Waals surface area contributed by atoms with Gasteiger partial charge in [0.05, 0.1) is 50.8 Å². The van der Waals surface area contributed by atoms with E-state index in [9.17, 15) is 9.59 Å². The molecule has 5 aromatic rings. The van der Waals surface area contributed by atoms with E-state index in [2.05, 4.69) is 124 Å². The predicted molar refractivity (Wildman–Crippen MR) is 558 cm³/mol. The van der Waals surface area contributed by atoms with Crippen molar-refractivity contribution in [3.63, 3.8) is 0 Å². The van der Waals surface area contributed by atoms with Gasteiger partial charge in [-0.25, -0.2) is 9.59 Å². The molecule has 0 aliphatic rings. The maximum atomic E-state index is 14.3. The number of carbonyl (C=O) groups excluding carboxylic acids is 2. The van der Waals surface area contributed by atoms with Gasteiger partial charge in [-0.05, 0) is 186 Å². The highest BCUT2D eigenvalue weighted by Gasteiger charge is 2.23. The Bertz CT molecular complexity index is 3630. The molecular weight excluding hydrogens is 1600 g/mol. The normalized spacial score (nSPS) is 11.7. The fourth-order valence-corrected chi connectivity index (χ4v) is 15.6. The molecule has 0 heterocycles. The van der Waals surface area contributed by atoms with Crippen molar-refractivity contribution in [2.24, 2.45) is 0 Å². The summed E-state index contributed by atoms with van der Waals surface area (Å²) in [7, 11) is 0. The van der Waals surface area contributed by atoms with Crippen molar-refractivity contribution in [1.82, 2.24) is 0 Å². The summed E-state index contributed by atoms with van der Waals surface area (Å²) in [5, 5.41) is 0. The highest BCUT2D eigenvalue weighted by atomic mass is 16.6. The lowest BCUT2D eigenvalue weighted by Gasteiger charge is -2.19. The Kier molecular flexibility index (Phi) is 68.2. The molecule has 10 heteroatoms. The summed E-state index contributed by atoms with van der Waals surface area (Å²) in [6, 6.07) is 30.7. The van der Waals surface area contributed by atoms with Gasteiger partial charge in [-0.2, -0.15) is 0 Å². The number of unbranched alkanes of at least 4 members (excludes halogenated alkanes) is 48. The van der Waals surface area contributed by atoms with Gasteiger partial charge in [-0.1, -0.05) is 453 Å². The van der Waals surface area contributed by atoms with Gasteiger partial charge in [-0.15, -0.1) is 0 Å². The van der Waals surface area contributed by atoms with Crippen LogP contribution in [0.3, 0.4) is 0 Å². The number of ether oxygens (including phenoxy) is 8. The molecule has 5 rings (SSSR count). The lowest BCUT2D eigenvalue weighted by atomic mass is 10.1. The highest BCUT2D eigenvalue weighted by Crippen LogP contribution is 2.42. The van der Waals surface area contributed by atoms with E-state index in [-0.39, 0.29) is 0 Å². The van der Waals surface area contributed by atoms with Crippen LogP contribution in [0, 0.1) is 0 Å². The Morgan fingerprint density at radius 3 is 0.554 bits per heavy atom. The monoisotopic (exact) mass is 1770 g/mol. The van der Waals surface area contributed by atoms with Crippen LogP contribution in [0.25, 0.3) is 24.3 Å². The molecule has 0 aliphatic carbocycles. The number of esters is 2. The Balaban J connectivity index is 1.24. The van der Waals surface area contributed by atoms with Gasteiger partial charge in [0.1, 0.15) is 11.5 Å². The highest BCUT2D eigenvalue weighted by molar-refractivity contribution is 5.93. The third-order valence-electron chi connectivity index (χ3n) is 23.3. The lowest BCUT2D eigenvalue weighted by molar-refractivity contribution is 0.0724. The molecule has 0 aromatic heterocycles. The molecule has 710 valence electrons. The van der Waals surface area contributed by atoms with Crippen LogP contribution in [-0.4, -0.2) is 51.6 Å². The molecule has 0 radical (unpaired) electrons. The van der Waals surface area contributed by atoms with Crippen LogP contribution in [0.15, 0.2) is 246 Å². The van der Waals surface area contributed by atoms with E-state index in [1.165, 1.54) is 205 Å². The Hall–Kier alpha value is -9.80. The zero-order valence-electron chi connectivity index (χ0n) is 80.7. The molecule has 0 atom stereocenters. The third-order valence-corrected chi connectivity index (χ3v) is 23.3. The van der Waals surface area contributed by atoms with Crippen LogP contribution in [0.1, 0.15) is 390 Å². The summed E-state index contributed by atoms with van der Waals surface area (Å²) in [5.41, 5.74) is 4.70. The van der Waals surface area contributed by atoms with E-state index in [1.807, 2.05) is 121 Å². The van der Waals surface area contributed by atoms with E-state index < -0.39 is 11.9 Å². The third kappa shape index (κ3) is 57.4. The van der Waals surface area contributed by atoms with Crippen LogP contribution in [-0.2, 0) is 0 Å². The van der Waals surface area contributed by atoms with Crippen LogP contribution < -0.4 is 37.9 Å². The fraction of sp³-hybridized carbons (Fsp3) is 0.500. The van der Waals surface area contributed by atoms with E-state index in [0.29, 0.717) is 96.8 Å². The van der Waals surface area contributed by atoms with Gasteiger partial charge in [0.2, 0.25) is 11.5 Å². The molecule has 0 unspecified atom stereocenters. The number of hydrogen-bond donors (Lipinski definition) is 0. The molecule has 10 nitrogen and oxygen atoms in total. The molecule has 0 saturated heterocycles. The van der Waals surface area contributed by atoms with Crippen LogP contribution in [0.4, 0.5) is 0 Å². The minimum Gasteiger partial charge on any atom is -0.490 e. The summed E-state index contributed by atoms with van der Waals surface area (Å²) in [6.07, 6.45) is 108. The van der Waals surface area contributed by atoms with Crippen molar-refractivity contribution >= 4 is 36.2 Å². The van der Waals surface area contributed by atoms with Gasteiger partial charge in [-0.3, -0.25) is 0 Å². The van der Waals surface area contributed by atoms with Crippen LogP contribution in [0.2, 0.25) is 0 Å². The van der Waals surface area contributed by atoms with E-state index >= 15 is 0 Å². The van der Waals surface area contributed by atoms with Gasteiger partial charge in [0.25, 0.3) is 0 Å². The minimum atomic E-state index is -0.491. The summed E-state index contributed by atoms with van der Waals surface area (Å²) in [4.78, 5) is 28.7. The number of rotatable bonds is 86. The second-order valence-corrected chi connectivity index (χ2v) is 34.6. The van der Waals surface area contributed by atoms with Crippen molar-refractivity contribution < 1.29 is 47.5 Å². The zero-order chi connectivity index (χ0) is 92.2. The largest absolute Gasteiger partial charge is 0.490 e. The van der Waals surface area contributed by atoms with Crippen molar-refractivity contribution in [3.05, 3.63) is 279 Å². The average molecular weight is 1770 g/mol. The predicted octanol–water partition coefficient (Wildman–Crippen LogP) is 36.3. The van der Waals surface area contributed by atoms with Crippen molar-refractivity contribution in [3.8, 4) is 46.0 Å². The van der Waals surface area contributed by atoms with Crippen molar-refractivity contribution in [2.45, 2.75) is 347 Å². The van der Waals surface area contributed by atoms with E-state index in [4.69, 9.17) is 37.9 Å². The molecule has 0 bridgehead atoms. The summed E-state index contributed by atoms with van der Waals surface area (Å²) in [6.45, 7) is 25.8.